The lowest BCUT2D eigenvalue weighted by Crippen LogP contribution is -2.29. The molecule has 0 fully saturated rings. The second-order valence-electron chi connectivity index (χ2n) is 3.82. The molecule has 0 saturated heterocycles. The fraction of sp³-hybridized carbons (Fsp3) is 0.333. The molecule has 3 heteroatoms. The van der Waals surface area contributed by atoms with E-state index >= 15 is 0 Å². The predicted octanol–water partition coefficient (Wildman–Crippen LogP) is 2.44. The Morgan fingerprint density at radius 1 is 1.40 bits per heavy atom. The highest BCUT2D eigenvalue weighted by molar-refractivity contribution is 6.30. The zero-order valence-corrected chi connectivity index (χ0v) is 9.85. The highest BCUT2D eigenvalue weighted by atomic mass is 35.5. The summed E-state index contributed by atoms with van der Waals surface area (Å²) < 4.78 is 5.16. The number of benzene rings is 1. The molecule has 1 rings (SSSR count). The highest BCUT2D eigenvalue weighted by Gasteiger charge is 2.05. The number of ether oxygens (including phenoxy) is 1. The third kappa shape index (κ3) is 3.83. The van der Waals surface area contributed by atoms with E-state index < -0.39 is 5.54 Å². The lowest BCUT2D eigenvalue weighted by atomic mass is 10.1. The van der Waals surface area contributed by atoms with Crippen LogP contribution in [0.25, 0.3) is 0 Å². The second kappa shape index (κ2) is 4.57. The van der Waals surface area contributed by atoms with E-state index in [0.29, 0.717) is 10.8 Å². The van der Waals surface area contributed by atoms with Crippen LogP contribution in [0, 0.1) is 11.8 Å². The van der Waals surface area contributed by atoms with Crippen molar-refractivity contribution in [1.29, 1.82) is 0 Å². The Balaban J connectivity index is 3.11. The first-order valence-corrected chi connectivity index (χ1v) is 4.96. The quantitative estimate of drug-likeness (QED) is 0.743. The van der Waals surface area contributed by atoms with Crippen LogP contribution in [0.1, 0.15) is 19.4 Å². The minimum absolute atomic E-state index is 0.521. The Kier molecular flexibility index (Phi) is 3.62. The molecule has 0 amide bonds. The maximum atomic E-state index is 5.87. The van der Waals surface area contributed by atoms with Gasteiger partial charge in [0.15, 0.2) is 0 Å². The highest BCUT2D eigenvalue weighted by Crippen LogP contribution is 2.21. The molecule has 0 radical (unpaired) electrons. The normalized spacial score (nSPS) is 10.5. The molecule has 15 heavy (non-hydrogen) atoms. The number of halogens is 1. The first kappa shape index (κ1) is 11.9. The molecular formula is C12H14ClNO. The zero-order chi connectivity index (χ0) is 11.5. The van der Waals surface area contributed by atoms with Crippen molar-refractivity contribution in [2.45, 2.75) is 19.4 Å². The third-order valence-corrected chi connectivity index (χ3v) is 1.92. The Hall–Kier alpha value is -1.17. The Morgan fingerprint density at radius 2 is 2.07 bits per heavy atom. The van der Waals surface area contributed by atoms with E-state index in [1.807, 2.05) is 13.8 Å². The Labute approximate surface area is 95.4 Å². The van der Waals surface area contributed by atoms with Gasteiger partial charge in [-0.25, -0.2) is 0 Å². The molecule has 0 spiro atoms. The maximum Gasteiger partial charge on any atom is 0.134 e. The van der Waals surface area contributed by atoms with Gasteiger partial charge in [-0.2, -0.15) is 0 Å². The van der Waals surface area contributed by atoms with Crippen LogP contribution < -0.4 is 10.5 Å². The van der Waals surface area contributed by atoms with Gasteiger partial charge in [0.25, 0.3) is 0 Å². The van der Waals surface area contributed by atoms with Crippen molar-refractivity contribution >= 4 is 11.6 Å². The molecule has 0 unspecified atom stereocenters. The van der Waals surface area contributed by atoms with Crippen LogP contribution in [-0.4, -0.2) is 12.6 Å². The van der Waals surface area contributed by atoms with Crippen molar-refractivity contribution in [2.75, 3.05) is 7.11 Å². The number of hydrogen-bond donors (Lipinski definition) is 1. The molecular weight excluding hydrogens is 210 g/mol. The van der Waals surface area contributed by atoms with E-state index in [0.717, 1.165) is 5.56 Å². The van der Waals surface area contributed by atoms with Gasteiger partial charge in [-0.15, -0.1) is 0 Å². The van der Waals surface area contributed by atoms with Crippen LogP contribution in [-0.2, 0) is 0 Å². The fourth-order valence-electron chi connectivity index (χ4n) is 1.01. The molecule has 0 aliphatic rings. The average Bonchev–Trinajstić information content (AvgIpc) is 2.14. The molecule has 0 aliphatic heterocycles. The summed E-state index contributed by atoms with van der Waals surface area (Å²) in [6, 6.07) is 5.31. The number of nitrogens with two attached hydrogens (primary N) is 1. The summed E-state index contributed by atoms with van der Waals surface area (Å²) in [6.45, 7) is 3.69. The molecule has 0 aromatic heterocycles. The fourth-order valence-corrected chi connectivity index (χ4v) is 1.18. The number of rotatable bonds is 1. The zero-order valence-electron chi connectivity index (χ0n) is 9.10. The summed E-state index contributed by atoms with van der Waals surface area (Å²) in [5.74, 6) is 6.59. The van der Waals surface area contributed by atoms with E-state index in [9.17, 15) is 0 Å². The lowest BCUT2D eigenvalue weighted by Gasteiger charge is -2.08. The van der Waals surface area contributed by atoms with Gasteiger partial charge in [0.2, 0.25) is 0 Å². The van der Waals surface area contributed by atoms with Crippen molar-refractivity contribution in [3.8, 4) is 17.6 Å². The van der Waals surface area contributed by atoms with E-state index in [1.54, 1.807) is 25.3 Å². The van der Waals surface area contributed by atoms with Crippen molar-refractivity contribution in [3.05, 3.63) is 28.8 Å². The third-order valence-electron chi connectivity index (χ3n) is 1.68. The molecule has 0 aliphatic carbocycles. The van der Waals surface area contributed by atoms with Gasteiger partial charge in [-0.1, -0.05) is 23.4 Å². The molecule has 2 N–H and O–H groups in total. The van der Waals surface area contributed by atoms with Gasteiger partial charge < -0.3 is 10.5 Å². The standard InChI is InChI=1S/C12H14ClNO/c1-12(2,14)7-6-9-8-10(13)4-5-11(9)15-3/h4-5,8H,14H2,1-3H3. The monoisotopic (exact) mass is 223 g/mol. The lowest BCUT2D eigenvalue weighted by molar-refractivity contribution is 0.413. The van der Waals surface area contributed by atoms with Crippen molar-refractivity contribution < 1.29 is 4.74 Å². The number of methoxy groups -OCH3 is 1. The molecule has 0 heterocycles. The van der Waals surface area contributed by atoms with Crippen LogP contribution in [0.3, 0.4) is 0 Å². The van der Waals surface area contributed by atoms with Gasteiger partial charge in [0, 0.05) is 5.02 Å². The van der Waals surface area contributed by atoms with Gasteiger partial charge in [-0.05, 0) is 32.0 Å². The van der Waals surface area contributed by atoms with Gasteiger partial charge in [0.1, 0.15) is 5.75 Å². The number of hydrogen-bond acceptors (Lipinski definition) is 2. The molecule has 2 nitrogen and oxygen atoms in total. The summed E-state index contributed by atoms with van der Waals surface area (Å²) in [7, 11) is 1.60. The van der Waals surface area contributed by atoms with Gasteiger partial charge >= 0.3 is 0 Å². The largest absolute Gasteiger partial charge is 0.495 e. The van der Waals surface area contributed by atoms with Crippen LogP contribution in [0.15, 0.2) is 18.2 Å². The maximum absolute atomic E-state index is 5.87. The summed E-state index contributed by atoms with van der Waals surface area (Å²) in [4.78, 5) is 0. The second-order valence-corrected chi connectivity index (χ2v) is 4.25. The SMILES string of the molecule is COc1ccc(Cl)cc1C#CC(C)(C)N. The Morgan fingerprint density at radius 3 is 2.60 bits per heavy atom. The summed E-state index contributed by atoms with van der Waals surface area (Å²) in [5.41, 5.74) is 6.00. The van der Waals surface area contributed by atoms with E-state index in [-0.39, 0.29) is 0 Å². The topological polar surface area (TPSA) is 35.2 Å². The minimum atomic E-state index is -0.521. The smallest absolute Gasteiger partial charge is 0.134 e. The van der Waals surface area contributed by atoms with E-state index in [4.69, 9.17) is 22.1 Å². The van der Waals surface area contributed by atoms with Gasteiger partial charge in [0.05, 0.1) is 18.2 Å². The minimum Gasteiger partial charge on any atom is -0.495 e. The van der Waals surface area contributed by atoms with Crippen LogP contribution >= 0.6 is 11.6 Å². The molecule has 80 valence electrons. The van der Waals surface area contributed by atoms with Crippen molar-refractivity contribution in [3.63, 3.8) is 0 Å². The summed E-state index contributed by atoms with van der Waals surface area (Å²) in [5, 5.41) is 0.634. The molecule has 0 atom stereocenters. The molecule has 0 saturated carbocycles. The van der Waals surface area contributed by atoms with E-state index in [1.165, 1.54) is 0 Å². The van der Waals surface area contributed by atoms with Crippen LogP contribution in [0.4, 0.5) is 0 Å². The molecule has 1 aromatic carbocycles. The predicted molar refractivity (Wildman–Crippen MR) is 63.1 cm³/mol. The molecule has 1 aromatic rings. The summed E-state index contributed by atoms with van der Waals surface area (Å²) >= 11 is 5.87. The average molecular weight is 224 g/mol. The van der Waals surface area contributed by atoms with Gasteiger partial charge in [-0.3, -0.25) is 0 Å². The van der Waals surface area contributed by atoms with Crippen molar-refractivity contribution in [1.82, 2.24) is 0 Å². The van der Waals surface area contributed by atoms with E-state index in [2.05, 4.69) is 11.8 Å². The van der Waals surface area contributed by atoms with Crippen LogP contribution in [0.2, 0.25) is 5.02 Å². The first-order chi connectivity index (χ1) is 6.92. The molecule has 0 bridgehead atoms. The van der Waals surface area contributed by atoms with Crippen LogP contribution in [0.5, 0.6) is 5.75 Å². The summed E-state index contributed by atoms with van der Waals surface area (Å²) in [6.07, 6.45) is 0. The van der Waals surface area contributed by atoms with Crippen molar-refractivity contribution in [2.24, 2.45) is 5.73 Å². The Bertz CT molecular complexity index is 410. The first-order valence-electron chi connectivity index (χ1n) is 4.58.